The molecule has 0 amide bonds. The summed E-state index contributed by atoms with van der Waals surface area (Å²) < 4.78 is 1.59. The van der Waals surface area contributed by atoms with Crippen molar-refractivity contribution in [3.63, 3.8) is 0 Å². The number of nitrogens with zero attached hydrogens (tertiary/aromatic N) is 4. The Balaban J connectivity index is 1.97. The van der Waals surface area contributed by atoms with Crippen LogP contribution >= 0.6 is 11.8 Å². The lowest BCUT2D eigenvalue weighted by atomic mass is 10.5. The zero-order valence-corrected chi connectivity index (χ0v) is 11.1. The van der Waals surface area contributed by atoms with Gasteiger partial charge in [-0.05, 0) is 17.1 Å². The first kappa shape index (κ1) is 13.3. The van der Waals surface area contributed by atoms with E-state index in [2.05, 4.69) is 9.97 Å². The maximum absolute atomic E-state index is 10.8. The van der Waals surface area contributed by atoms with Crippen molar-refractivity contribution < 1.29 is 4.92 Å². The molecule has 0 aliphatic rings. The maximum Gasteiger partial charge on any atom is 0.342 e. The molecule has 2 N–H and O–H groups in total. The van der Waals surface area contributed by atoms with E-state index < -0.39 is 4.92 Å². The van der Waals surface area contributed by atoms with E-state index in [1.165, 1.54) is 6.20 Å². The largest absolute Gasteiger partial charge is 0.384 e. The van der Waals surface area contributed by atoms with Crippen molar-refractivity contribution >= 4 is 23.4 Å². The summed E-state index contributed by atoms with van der Waals surface area (Å²) in [6.45, 7) is 2.28. The molecule has 0 bridgehead atoms. The van der Waals surface area contributed by atoms with E-state index in [4.69, 9.17) is 5.73 Å². The van der Waals surface area contributed by atoms with Crippen molar-refractivity contribution in [2.75, 3.05) is 11.5 Å². The van der Waals surface area contributed by atoms with E-state index in [0.29, 0.717) is 23.9 Å². The first-order chi connectivity index (χ1) is 9.08. The summed E-state index contributed by atoms with van der Waals surface area (Å²) >= 11 is 1.57. The Labute approximate surface area is 114 Å². The number of pyridine rings is 1. The number of thioether (sulfide) groups is 1. The molecule has 0 atom stereocenters. The molecule has 2 heterocycles. The number of nitrogens with two attached hydrogens (primary N) is 1. The van der Waals surface area contributed by atoms with Gasteiger partial charge in [0.15, 0.2) is 5.82 Å². The molecule has 0 radical (unpaired) electrons. The molecule has 0 spiro atoms. The monoisotopic (exact) mass is 279 g/mol. The quantitative estimate of drug-likeness (QED) is 0.509. The Morgan fingerprint density at radius 3 is 2.84 bits per heavy atom. The molecule has 19 heavy (non-hydrogen) atoms. The van der Waals surface area contributed by atoms with Crippen LogP contribution in [0.15, 0.2) is 29.4 Å². The average Bonchev–Trinajstić information content (AvgIpc) is 2.74. The van der Waals surface area contributed by atoms with Crippen LogP contribution in [0.5, 0.6) is 0 Å². The van der Waals surface area contributed by atoms with Gasteiger partial charge in [0.2, 0.25) is 0 Å². The lowest BCUT2D eigenvalue weighted by Crippen LogP contribution is -2.06. The van der Waals surface area contributed by atoms with Crippen molar-refractivity contribution in [2.24, 2.45) is 0 Å². The molecular formula is C11H13N5O2S. The molecule has 0 unspecified atom stereocenters. The minimum absolute atomic E-state index is 0.0218. The molecule has 0 fully saturated rings. The topological polar surface area (TPSA) is 99.9 Å². The van der Waals surface area contributed by atoms with Crippen LogP contribution in [0.4, 0.5) is 11.6 Å². The fourth-order valence-electron chi connectivity index (χ4n) is 1.61. The van der Waals surface area contributed by atoms with Crippen LogP contribution in [-0.4, -0.2) is 25.2 Å². The number of nitro groups is 1. The van der Waals surface area contributed by atoms with Crippen molar-refractivity contribution in [3.8, 4) is 0 Å². The molecule has 8 heteroatoms. The predicted molar refractivity (Wildman–Crippen MR) is 73.0 cm³/mol. The van der Waals surface area contributed by atoms with E-state index >= 15 is 0 Å². The molecule has 2 rings (SSSR count). The highest BCUT2D eigenvalue weighted by Gasteiger charge is 2.16. The molecule has 0 saturated heterocycles. The Morgan fingerprint density at radius 2 is 2.21 bits per heavy atom. The molecule has 100 valence electrons. The molecule has 0 aromatic carbocycles. The molecule has 2 aromatic heterocycles. The number of aryl methyl sites for hydroxylation is 1. The molecule has 7 nitrogen and oxygen atoms in total. The molecule has 0 saturated carbocycles. The number of hydrogen-bond acceptors (Lipinski definition) is 6. The van der Waals surface area contributed by atoms with Crippen LogP contribution < -0.4 is 5.73 Å². The second-order valence-electron chi connectivity index (χ2n) is 3.84. The first-order valence-corrected chi connectivity index (χ1v) is 6.57. The number of aromatic nitrogens is 3. The third kappa shape index (κ3) is 3.22. The highest BCUT2D eigenvalue weighted by molar-refractivity contribution is 7.99. The summed E-state index contributed by atoms with van der Waals surface area (Å²) in [6, 6.07) is 3.61. The first-order valence-electron chi connectivity index (χ1n) is 5.59. The number of anilines is 1. The van der Waals surface area contributed by atoms with Gasteiger partial charge in [0.1, 0.15) is 18.6 Å². The van der Waals surface area contributed by atoms with Crippen LogP contribution in [0, 0.1) is 17.0 Å². The summed E-state index contributed by atoms with van der Waals surface area (Å²) in [5, 5.41) is 10.8. The normalized spacial score (nSPS) is 10.6. The highest BCUT2D eigenvalue weighted by atomic mass is 32.2. The van der Waals surface area contributed by atoms with Crippen LogP contribution in [-0.2, 0) is 6.54 Å². The average molecular weight is 279 g/mol. The van der Waals surface area contributed by atoms with Crippen LogP contribution in [0.25, 0.3) is 0 Å². The number of imidazole rings is 1. The zero-order chi connectivity index (χ0) is 13.8. The van der Waals surface area contributed by atoms with Gasteiger partial charge in [-0.3, -0.25) is 0 Å². The van der Waals surface area contributed by atoms with Gasteiger partial charge in [0.05, 0.1) is 0 Å². The minimum Gasteiger partial charge on any atom is -0.384 e. The Bertz CT molecular complexity index is 581. The van der Waals surface area contributed by atoms with Gasteiger partial charge >= 0.3 is 5.82 Å². The second kappa shape index (κ2) is 5.70. The lowest BCUT2D eigenvalue weighted by Gasteiger charge is -2.03. The van der Waals surface area contributed by atoms with E-state index in [0.717, 1.165) is 4.90 Å². The third-order valence-corrected chi connectivity index (χ3v) is 3.53. The molecule has 2 aromatic rings. The highest BCUT2D eigenvalue weighted by Crippen LogP contribution is 2.20. The Hall–Kier alpha value is -2.09. The summed E-state index contributed by atoms with van der Waals surface area (Å²) in [6.07, 6.45) is 2.97. The number of nitrogen functional groups attached to an aromatic ring is 1. The minimum atomic E-state index is -0.421. The number of hydrogen-bond donors (Lipinski definition) is 1. The standard InChI is InChI=1S/C11H13N5O2S/c1-8-13-7-11(16(17)18)15(8)4-5-19-9-2-3-10(12)14-6-9/h2-3,6-7H,4-5H2,1H3,(H2,12,14). The van der Waals surface area contributed by atoms with E-state index in [9.17, 15) is 10.1 Å². The van der Waals surface area contributed by atoms with Gasteiger partial charge in [0.25, 0.3) is 0 Å². The number of rotatable bonds is 5. The summed E-state index contributed by atoms with van der Waals surface area (Å²) in [7, 11) is 0. The third-order valence-electron chi connectivity index (χ3n) is 2.56. The van der Waals surface area contributed by atoms with Gasteiger partial charge in [-0.1, -0.05) is 0 Å². The summed E-state index contributed by atoms with van der Waals surface area (Å²) in [4.78, 5) is 19.3. The van der Waals surface area contributed by atoms with E-state index in [1.807, 2.05) is 6.07 Å². The second-order valence-corrected chi connectivity index (χ2v) is 5.01. The Morgan fingerprint density at radius 1 is 1.42 bits per heavy atom. The van der Waals surface area contributed by atoms with Crippen molar-refractivity contribution in [1.29, 1.82) is 0 Å². The van der Waals surface area contributed by atoms with Crippen molar-refractivity contribution in [2.45, 2.75) is 18.4 Å². The Kier molecular flexibility index (Phi) is 4.00. The molecular weight excluding hydrogens is 266 g/mol. The summed E-state index contributed by atoms with van der Waals surface area (Å²) in [5.74, 6) is 1.84. The van der Waals surface area contributed by atoms with Crippen LogP contribution in [0.3, 0.4) is 0 Å². The van der Waals surface area contributed by atoms with Crippen LogP contribution in [0.2, 0.25) is 0 Å². The van der Waals surface area contributed by atoms with Gasteiger partial charge in [-0.2, -0.15) is 0 Å². The van der Waals surface area contributed by atoms with E-state index in [1.54, 1.807) is 35.5 Å². The van der Waals surface area contributed by atoms with Crippen molar-refractivity contribution in [1.82, 2.24) is 14.5 Å². The van der Waals surface area contributed by atoms with Gasteiger partial charge in [-0.25, -0.2) is 14.5 Å². The van der Waals surface area contributed by atoms with Crippen molar-refractivity contribution in [3.05, 3.63) is 40.5 Å². The molecule has 0 aliphatic carbocycles. The van der Waals surface area contributed by atoms with Gasteiger partial charge in [-0.15, -0.1) is 11.8 Å². The fraction of sp³-hybridized carbons (Fsp3) is 0.273. The van der Waals surface area contributed by atoms with Gasteiger partial charge < -0.3 is 15.8 Å². The SMILES string of the molecule is Cc1ncc([N+](=O)[O-])n1CCSc1ccc(N)nc1. The molecule has 0 aliphatic heterocycles. The van der Waals surface area contributed by atoms with Crippen LogP contribution in [0.1, 0.15) is 5.82 Å². The lowest BCUT2D eigenvalue weighted by molar-refractivity contribution is -0.392. The summed E-state index contributed by atoms with van der Waals surface area (Å²) in [5.41, 5.74) is 5.50. The smallest absolute Gasteiger partial charge is 0.342 e. The zero-order valence-electron chi connectivity index (χ0n) is 10.3. The van der Waals surface area contributed by atoms with Gasteiger partial charge in [0, 0.05) is 23.8 Å². The maximum atomic E-state index is 10.8. The predicted octanol–water partition coefficient (Wildman–Crippen LogP) is 1.87. The van der Waals surface area contributed by atoms with E-state index in [-0.39, 0.29) is 5.82 Å². The fourth-order valence-corrected chi connectivity index (χ4v) is 2.41.